The van der Waals surface area contributed by atoms with Gasteiger partial charge in [0.25, 0.3) is 10.2 Å². The predicted molar refractivity (Wildman–Crippen MR) is 77.5 cm³/mol. The average Bonchev–Trinajstić information content (AvgIpc) is 3.14. The fraction of sp³-hybridized carbons (Fsp3) is 0.923. The number of nitrogens with zero attached hydrogens (tertiary/aromatic N) is 1. The molecular formula is C13H26N2O4S. The van der Waals surface area contributed by atoms with E-state index < -0.39 is 22.1 Å². The molecule has 0 aromatic rings. The molecule has 0 bridgehead atoms. The molecule has 0 aromatic carbocycles. The van der Waals surface area contributed by atoms with E-state index >= 15 is 0 Å². The van der Waals surface area contributed by atoms with Gasteiger partial charge in [0.2, 0.25) is 0 Å². The lowest BCUT2D eigenvalue weighted by Crippen LogP contribution is -2.44. The number of nitrogens with one attached hydrogen (secondary N) is 1. The van der Waals surface area contributed by atoms with Crippen LogP contribution in [0.3, 0.4) is 0 Å². The molecule has 1 atom stereocenters. The zero-order valence-corrected chi connectivity index (χ0v) is 13.3. The molecule has 0 aliphatic heterocycles. The van der Waals surface area contributed by atoms with Gasteiger partial charge in [-0.15, -0.1) is 0 Å². The molecule has 2 N–H and O–H groups in total. The van der Waals surface area contributed by atoms with Gasteiger partial charge in [-0.05, 0) is 31.1 Å². The van der Waals surface area contributed by atoms with Crippen molar-refractivity contribution in [3.8, 4) is 0 Å². The summed E-state index contributed by atoms with van der Waals surface area (Å²) in [5, 5.41) is 9.12. The van der Waals surface area contributed by atoms with Crippen LogP contribution in [0, 0.1) is 17.8 Å². The smallest absolute Gasteiger partial charge is 0.307 e. The summed E-state index contributed by atoms with van der Waals surface area (Å²) in [7, 11) is -3.57. The van der Waals surface area contributed by atoms with E-state index in [1.165, 1.54) is 4.31 Å². The fourth-order valence-electron chi connectivity index (χ4n) is 2.12. The van der Waals surface area contributed by atoms with E-state index in [-0.39, 0.29) is 12.5 Å². The van der Waals surface area contributed by atoms with E-state index in [0.717, 1.165) is 12.8 Å². The zero-order valence-electron chi connectivity index (χ0n) is 12.5. The Morgan fingerprint density at radius 3 is 2.40 bits per heavy atom. The summed E-state index contributed by atoms with van der Waals surface area (Å²) in [6.45, 7) is 6.55. The summed E-state index contributed by atoms with van der Waals surface area (Å²) < 4.78 is 28.2. The SMILES string of the molecule is CCN(CC1CC1)S(=O)(=O)NCC(CC(C)C)C(=O)O. The van der Waals surface area contributed by atoms with Gasteiger partial charge in [-0.3, -0.25) is 4.79 Å². The van der Waals surface area contributed by atoms with Crippen LogP contribution >= 0.6 is 0 Å². The van der Waals surface area contributed by atoms with E-state index in [4.69, 9.17) is 5.11 Å². The maximum absolute atomic E-state index is 12.2. The van der Waals surface area contributed by atoms with Crippen molar-refractivity contribution in [2.45, 2.75) is 40.0 Å². The highest BCUT2D eigenvalue weighted by Gasteiger charge is 2.30. The summed E-state index contributed by atoms with van der Waals surface area (Å²) >= 11 is 0. The van der Waals surface area contributed by atoms with E-state index in [1.807, 2.05) is 13.8 Å². The summed E-state index contributed by atoms with van der Waals surface area (Å²) in [5.74, 6) is -0.942. The van der Waals surface area contributed by atoms with Crippen LogP contribution in [0.15, 0.2) is 0 Å². The van der Waals surface area contributed by atoms with E-state index in [2.05, 4.69) is 4.72 Å². The Kier molecular flexibility index (Phi) is 6.42. The molecule has 6 nitrogen and oxygen atoms in total. The number of hydrogen-bond donors (Lipinski definition) is 2. The highest BCUT2D eigenvalue weighted by Crippen LogP contribution is 2.30. The largest absolute Gasteiger partial charge is 0.481 e. The third-order valence-corrected chi connectivity index (χ3v) is 5.09. The van der Waals surface area contributed by atoms with Gasteiger partial charge < -0.3 is 5.11 Å². The minimum Gasteiger partial charge on any atom is -0.481 e. The molecule has 0 saturated heterocycles. The first kappa shape index (κ1) is 17.4. The minimum absolute atomic E-state index is 0.0446. The molecule has 7 heteroatoms. The van der Waals surface area contributed by atoms with Gasteiger partial charge >= 0.3 is 5.97 Å². The van der Waals surface area contributed by atoms with Crippen LogP contribution in [0.25, 0.3) is 0 Å². The number of carboxylic acid groups (broad SMARTS) is 1. The van der Waals surface area contributed by atoms with Crippen molar-refractivity contribution in [2.75, 3.05) is 19.6 Å². The van der Waals surface area contributed by atoms with Crippen molar-refractivity contribution in [1.82, 2.24) is 9.03 Å². The fourth-order valence-corrected chi connectivity index (χ4v) is 3.46. The van der Waals surface area contributed by atoms with Crippen molar-refractivity contribution in [1.29, 1.82) is 0 Å². The van der Waals surface area contributed by atoms with Crippen LogP contribution in [0.4, 0.5) is 0 Å². The molecule has 0 radical (unpaired) electrons. The maximum Gasteiger partial charge on any atom is 0.307 e. The number of carboxylic acids is 1. The Morgan fingerprint density at radius 1 is 1.40 bits per heavy atom. The second kappa shape index (κ2) is 7.38. The van der Waals surface area contributed by atoms with E-state index in [0.29, 0.717) is 25.4 Å². The molecule has 1 unspecified atom stereocenters. The second-order valence-electron chi connectivity index (χ2n) is 5.91. The molecule has 1 rings (SSSR count). The van der Waals surface area contributed by atoms with Gasteiger partial charge in [-0.1, -0.05) is 20.8 Å². The van der Waals surface area contributed by atoms with E-state index in [9.17, 15) is 13.2 Å². The zero-order chi connectivity index (χ0) is 15.3. The normalized spacial score (nSPS) is 17.6. The second-order valence-corrected chi connectivity index (χ2v) is 7.67. The molecule has 0 spiro atoms. The molecule has 0 aromatic heterocycles. The summed E-state index contributed by atoms with van der Waals surface area (Å²) in [6.07, 6.45) is 2.63. The molecule has 1 aliphatic rings. The Hall–Kier alpha value is -0.660. The minimum atomic E-state index is -3.57. The Morgan fingerprint density at radius 2 is 2.00 bits per heavy atom. The summed E-state index contributed by atoms with van der Waals surface area (Å²) in [5.41, 5.74) is 0. The van der Waals surface area contributed by atoms with Gasteiger partial charge in [0.15, 0.2) is 0 Å². The first-order valence-electron chi connectivity index (χ1n) is 7.23. The van der Waals surface area contributed by atoms with Crippen LogP contribution in [-0.4, -0.2) is 43.4 Å². The lowest BCUT2D eigenvalue weighted by molar-refractivity contribution is -0.142. The summed E-state index contributed by atoms with van der Waals surface area (Å²) in [4.78, 5) is 11.1. The molecule has 1 aliphatic carbocycles. The third-order valence-electron chi connectivity index (χ3n) is 3.47. The number of rotatable bonds is 10. The van der Waals surface area contributed by atoms with Crippen molar-refractivity contribution >= 4 is 16.2 Å². The van der Waals surface area contributed by atoms with Crippen LogP contribution < -0.4 is 4.72 Å². The molecule has 20 heavy (non-hydrogen) atoms. The number of aliphatic carboxylic acids is 1. The summed E-state index contributed by atoms with van der Waals surface area (Å²) in [6, 6.07) is 0. The van der Waals surface area contributed by atoms with Crippen LogP contribution in [0.1, 0.15) is 40.0 Å². The van der Waals surface area contributed by atoms with Crippen LogP contribution in [0.2, 0.25) is 0 Å². The highest BCUT2D eigenvalue weighted by atomic mass is 32.2. The van der Waals surface area contributed by atoms with Gasteiger partial charge in [-0.2, -0.15) is 12.7 Å². The van der Waals surface area contributed by atoms with Crippen LogP contribution in [0.5, 0.6) is 0 Å². The Bertz CT molecular complexity index is 418. The molecule has 0 heterocycles. The highest BCUT2D eigenvalue weighted by molar-refractivity contribution is 7.87. The molecular weight excluding hydrogens is 280 g/mol. The Balaban J connectivity index is 2.56. The van der Waals surface area contributed by atoms with Gasteiger partial charge in [0.1, 0.15) is 0 Å². The molecule has 118 valence electrons. The third kappa shape index (κ3) is 5.76. The van der Waals surface area contributed by atoms with Crippen molar-refractivity contribution in [3.05, 3.63) is 0 Å². The van der Waals surface area contributed by atoms with Crippen molar-refractivity contribution < 1.29 is 18.3 Å². The number of hydrogen-bond acceptors (Lipinski definition) is 3. The average molecular weight is 306 g/mol. The lowest BCUT2D eigenvalue weighted by Gasteiger charge is -2.22. The van der Waals surface area contributed by atoms with Gasteiger partial charge in [0.05, 0.1) is 5.92 Å². The van der Waals surface area contributed by atoms with Gasteiger partial charge in [0, 0.05) is 19.6 Å². The molecule has 1 saturated carbocycles. The monoisotopic (exact) mass is 306 g/mol. The van der Waals surface area contributed by atoms with Crippen molar-refractivity contribution in [3.63, 3.8) is 0 Å². The first-order chi connectivity index (χ1) is 9.26. The van der Waals surface area contributed by atoms with Crippen molar-refractivity contribution in [2.24, 2.45) is 17.8 Å². The topological polar surface area (TPSA) is 86.7 Å². The first-order valence-corrected chi connectivity index (χ1v) is 8.67. The van der Waals surface area contributed by atoms with E-state index in [1.54, 1.807) is 6.92 Å². The number of carbonyl (C=O) groups is 1. The molecule has 1 fully saturated rings. The standard InChI is InChI=1S/C13H26N2O4S/c1-4-15(9-11-5-6-11)20(18,19)14-8-12(13(16)17)7-10(2)3/h10-12,14H,4-9H2,1-3H3,(H,16,17). The van der Waals surface area contributed by atoms with Crippen LogP contribution in [-0.2, 0) is 15.0 Å². The van der Waals surface area contributed by atoms with Gasteiger partial charge in [-0.25, -0.2) is 4.72 Å². The predicted octanol–water partition coefficient (Wildman–Crippen LogP) is 1.30. The maximum atomic E-state index is 12.2. The molecule has 0 amide bonds. The quantitative estimate of drug-likeness (QED) is 0.637. The lowest BCUT2D eigenvalue weighted by atomic mass is 9.98. The Labute approximate surface area is 121 Å².